The molecule has 2 saturated heterocycles. The Kier molecular flexibility index (Phi) is 5.96. The summed E-state index contributed by atoms with van der Waals surface area (Å²) in [6.45, 7) is 3.47. The van der Waals surface area contributed by atoms with Crippen LogP contribution in [0.3, 0.4) is 0 Å². The first kappa shape index (κ1) is 18.9. The van der Waals surface area contributed by atoms with Gasteiger partial charge in [-0.2, -0.15) is 5.10 Å². The molecule has 4 rings (SSSR count). The molecule has 1 unspecified atom stereocenters. The number of piperidine rings is 1. The van der Waals surface area contributed by atoms with E-state index in [2.05, 4.69) is 22.5 Å². The van der Waals surface area contributed by atoms with Crippen molar-refractivity contribution in [2.24, 2.45) is 0 Å². The molecule has 0 radical (unpaired) electrons. The highest BCUT2D eigenvalue weighted by Crippen LogP contribution is 2.32. The number of morpholine rings is 1. The van der Waals surface area contributed by atoms with Crippen molar-refractivity contribution < 1.29 is 9.53 Å². The molecule has 6 nitrogen and oxygen atoms in total. The lowest BCUT2D eigenvalue weighted by atomic mass is 9.86. The second-order valence-electron chi connectivity index (χ2n) is 6.75. The van der Waals surface area contributed by atoms with Crippen LogP contribution in [0.5, 0.6) is 0 Å². The highest BCUT2D eigenvalue weighted by Gasteiger charge is 2.45. The molecule has 3 heterocycles. The van der Waals surface area contributed by atoms with Crippen molar-refractivity contribution in [3.05, 3.63) is 54.4 Å². The van der Waals surface area contributed by atoms with Crippen LogP contribution in [0.4, 0.5) is 0 Å². The number of amides is 1. The first-order valence-electron chi connectivity index (χ1n) is 8.96. The van der Waals surface area contributed by atoms with Gasteiger partial charge in [0.2, 0.25) is 0 Å². The van der Waals surface area contributed by atoms with E-state index in [9.17, 15) is 4.79 Å². The summed E-state index contributed by atoms with van der Waals surface area (Å²) in [6.07, 6.45) is 5.14. The van der Waals surface area contributed by atoms with Crippen LogP contribution in [-0.2, 0) is 15.1 Å². The Hall–Kier alpha value is -1.89. The van der Waals surface area contributed by atoms with E-state index in [1.54, 1.807) is 6.20 Å². The summed E-state index contributed by atoms with van der Waals surface area (Å²) in [5.41, 5.74) is 0.548. The smallest absolute Gasteiger partial charge is 0.250 e. The van der Waals surface area contributed by atoms with Crippen LogP contribution in [0.25, 0.3) is 0 Å². The molecular weight excluding hydrogens is 352 g/mol. The predicted molar refractivity (Wildman–Crippen MR) is 101 cm³/mol. The quantitative estimate of drug-likeness (QED) is 0.890. The molecule has 2 aliphatic rings. The number of carbonyl (C=O) groups is 1. The molecule has 1 amide bonds. The van der Waals surface area contributed by atoms with Crippen molar-refractivity contribution in [2.45, 2.75) is 24.5 Å². The van der Waals surface area contributed by atoms with Crippen LogP contribution in [0.2, 0.25) is 0 Å². The minimum Gasteiger partial charge on any atom is -0.370 e. The zero-order valence-electron chi connectivity index (χ0n) is 14.7. The number of benzene rings is 1. The van der Waals surface area contributed by atoms with Crippen LogP contribution >= 0.6 is 12.4 Å². The van der Waals surface area contributed by atoms with E-state index in [4.69, 9.17) is 4.74 Å². The maximum Gasteiger partial charge on any atom is 0.250 e. The van der Waals surface area contributed by atoms with E-state index in [1.807, 2.05) is 40.0 Å². The van der Waals surface area contributed by atoms with Crippen LogP contribution in [0.15, 0.2) is 48.8 Å². The second kappa shape index (κ2) is 8.20. The zero-order chi connectivity index (χ0) is 17.1. The monoisotopic (exact) mass is 376 g/mol. The topological polar surface area (TPSA) is 59.4 Å². The Balaban J connectivity index is 0.00000196. The number of nitrogens with one attached hydrogen (secondary N) is 1. The Morgan fingerprint density at radius 3 is 2.65 bits per heavy atom. The zero-order valence-corrected chi connectivity index (χ0v) is 15.5. The minimum absolute atomic E-state index is 0. The Labute approximate surface area is 159 Å². The van der Waals surface area contributed by atoms with E-state index in [-0.39, 0.29) is 24.4 Å². The highest BCUT2D eigenvalue weighted by molar-refractivity contribution is 5.85. The van der Waals surface area contributed by atoms with E-state index < -0.39 is 5.54 Å². The van der Waals surface area contributed by atoms with E-state index >= 15 is 0 Å². The van der Waals surface area contributed by atoms with Gasteiger partial charge in [-0.1, -0.05) is 30.3 Å². The van der Waals surface area contributed by atoms with Crippen LogP contribution < -0.4 is 5.32 Å². The van der Waals surface area contributed by atoms with Gasteiger partial charge in [0, 0.05) is 18.9 Å². The molecular formula is C19H25ClN4O2. The summed E-state index contributed by atoms with van der Waals surface area (Å²) in [4.78, 5) is 15.5. The van der Waals surface area contributed by atoms with Gasteiger partial charge in [0.15, 0.2) is 0 Å². The number of hydrogen-bond donors (Lipinski definition) is 1. The highest BCUT2D eigenvalue weighted by atomic mass is 35.5. The van der Waals surface area contributed by atoms with Gasteiger partial charge in [-0.3, -0.25) is 9.48 Å². The SMILES string of the molecule is Cl.O=C(N1CCOC(c2ccccc2)C1)C1(n2cccn2)CCNCC1. The summed E-state index contributed by atoms with van der Waals surface area (Å²) >= 11 is 0. The molecule has 0 aliphatic carbocycles. The summed E-state index contributed by atoms with van der Waals surface area (Å²) in [7, 11) is 0. The summed E-state index contributed by atoms with van der Waals surface area (Å²) in [5, 5.41) is 7.77. The summed E-state index contributed by atoms with van der Waals surface area (Å²) < 4.78 is 7.79. The molecule has 2 fully saturated rings. The predicted octanol–water partition coefficient (Wildman–Crippen LogP) is 1.98. The van der Waals surface area contributed by atoms with Crippen molar-refractivity contribution in [3.63, 3.8) is 0 Å². The number of hydrogen-bond acceptors (Lipinski definition) is 4. The number of ether oxygens (including phenoxy) is 1. The van der Waals surface area contributed by atoms with Crippen LogP contribution in [0.1, 0.15) is 24.5 Å². The third kappa shape index (κ3) is 3.49. The van der Waals surface area contributed by atoms with Crippen molar-refractivity contribution in [2.75, 3.05) is 32.8 Å². The van der Waals surface area contributed by atoms with Crippen molar-refractivity contribution in [1.29, 1.82) is 0 Å². The summed E-state index contributed by atoms with van der Waals surface area (Å²) in [5.74, 6) is 0.168. The van der Waals surface area contributed by atoms with E-state index in [0.717, 1.165) is 31.5 Å². The van der Waals surface area contributed by atoms with Crippen molar-refractivity contribution in [3.8, 4) is 0 Å². The van der Waals surface area contributed by atoms with Gasteiger partial charge in [-0.05, 0) is 37.6 Å². The third-order valence-corrected chi connectivity index (χ3v) is 5.30. The molecule has 0 bridgehead atoms. The third-order valence-electron chi connectivity index (χ3n) is 5.30. The van der Waals surface area contributed by atoms with Gasteiger partial charge in [0.05, 0.1) is 13.2 Å². The summed E-state index contributed by atoms with van der Waals surface area (Å²) in [6, 6.07) is 12.0. The number of carbonyl (C=O) groups excluding carboxylic acids is 1. The minimum atomic E-state index is -0.576. The molecule has 2 aliphatic heterocycles. The van der Waals surface area contributed by atoms with Crippen molar-refractivity contribution >= 4 is 18.3 Å². The fraction of sp³-hybridized carbons (Fsp3) is 0.474. The van der Waals surface area contributed by atoms with E-state index in [0.29, 0.717) is 19.7 Å². The molecule has 140 valence electrons. The lowest BCUT2D eigenvalue weighted by molar-refractivity contribution is -0.151. The number of aromatic nitrogens is 2. The average molecular weight is 377 g/mol. The fourth-order valence-corrected chi connectivity index (χ4v) is 3.90. The van der Waals surface area contributed by atoms with Gasteiger partial charge in [0.25, 0.3) is 5.91 Å². The molecule has 26 heavy (non-hydrogen) atoms. The molecule has 1 N–H and O–H groups in total. The second-order valence-corrected chi connectivity index (χ2v) is 6.75. The molecule has 1 aromatic carbocycles. The molecule has 1 aromatic heterocycles. The van der Waals surface area contributed by atoms with Gasteiger partial charge in [0.1, 0.15) is 11.6 Å². The maximum absolute atomic E-state index is 13.5. The van der Waals surface area contributed by atoms with Crippen LogP contribution in [-0.4, -0.2) is 53.4 Å². The Morgan fingerprint density at radius 2 is 1.96 bits per heavy atom. The standard InChI is InChI=1S/C19H24N4O2.ClH/c24-18(19(7-10-20-11-8-19)23-12-4-9-21-23)22-13-14-25-17(15-22)16-5-2-1-3-6-16;/h1-6,9,12,17,20H,7-8,10-11,13-15H2;1H. The molecule has 2 aromatic rings. The lowest BCUT2D eigenvalue weighted by Crippen LogP contribution is -2.57. The molecule has 0 saturated carbocycles. The average Bonchev–Trinajstić information content (AvgIpc) is 3.24. The number of rotatable bonds is 3. The van der Waals surface area contributed by atoms with Gasteiger partial charge < -0.3 is 15.0 Å². The first-order chi connectivity index (χ1) is 12.3. The largest absolute Gasteiger partial charge is 0.370 e. The molecule has 0 spiro atoms. The lowest BCUT2D eigenvalue weighted by Gasteiger charge is -2.42. The van der Waals surface area contributed by atoms with E-state index in [1.165, 1.54) is 0 Å². The fourth-order valence-electron chi connectivity index (χ4n) is 3.90. The van der Waals surface area contributed by atoms with Crippen LogP contribution in [0, 0.1) is 0 Å². The Bertz CT molecular complexity index is 702. The first-order valence-corrected chi connectivity index (χ1v) is 8.96. The molecule has 7 heteroatoms. The number of halogens is 1. The van der Waals surface area contributed by atoms with Crippen molar-refractivity contribution in [1.82, 2.24) is 20.0 Å². The normalized spacial score (nSPS) is 22.5. The maximum atomic E-state index is 13.5. The van der Waals surface area contributed by atoms with Gasteiger partial charge in [-0.25, -0.2) is 0 Å². The number of nitrogens with zero attached hydrogens (tertiary/aromatic N) is 3. The molecule has 1 atom stereocenters. The van der Waals surface area contributed by atoms with Gasteiger partial charge in [-0.15, -0.1) is 12.4 Å². The van der Waals surface area contributed by atoms with Gasteiger partial charge >= 0.3 is 0 Å². The Morgan fingerprint density at radius 1 is 1.19 bits per heavy atom.